The maximum absolute atomic E-state index is 12.3. The summed E-state index contributed by atoms with van der Waals surface area (Å²) in [5.74, 6) is -0.968. The quantitative estimate of drug-likeness (QED) is 0.521. The highest BCUT2D eigenvalue weighted by Gasteiger charge is 2.25. The van der Waals surface area contributed by atoms with Crippen molar-refractivity contribution in [1.82, 2.24) is 9.78 Å². The zero-order chi connectivity index (χ0) is 19.4. The fourth-order valence-corrected chi connectivity index (χ4v) is 3.83. The van der Waals surface area contributed by atoms with Crippen LogP contribution in [0.25, 0.3) is 0 Å². The predicted octanol–water partition coefficient (Wildman–Crippen LogP) is 3.73. The van der Waals surface area contributed by atoms with Gasteiger partial charge in [0.25, 0.3) is 0 Å². The van der Waals surface area contributed by atoms with Crippen LogP contribution >= 0.6 is 27.3 Å². The molecule has 0 aliphatic heterocycles. The molecule has 7 nitrogen and oxygen atoms in total. The third-order valence-corrected chi connectivity index (χ3v) is 5.88. The Bertz CT molecular complexity index is 857. The number of nitrogens with zero attached hydrogens (tertiary/aromatic N) is 2. The Balaban J connectivity index is 2.17. The normalized spacial score (nSPS) is 10.7. The molecule has 2 aromatic rings. The molecule has 0 unspecified atom stereocenters. The average Bonchev–Trinajstić information content (AvgIpc) is 3.06. The van der Waals surface area contributed by atoms with Crippen LogP contribution in [-0.4, -0.2) is 34.0 Å². The number of thiophene rings is 1. The number of rotatable bonds is 7. The second-order valence-electron chi connectivity index (χ2n) is 5.64. The summed E-state index contributed by atoms with van der Waals surface area (Å²) in [5.41, 5.74) is 1.70. The summed E-state index contributed by atoms with van der Waals surface area (Å²) < 4.78 is 7.65. The molecule has 2 rings (SSSR count). The zero-order valence-electron chi connectivity index (χ0n) is 15.0. The van der Waals surface area contributed by atoms with Crippen molar-refractivity contribution in [3.63, 3.8) is 0 Å². The van der Waals surface area contributed by atoms with Gasteiger partial charge in [-0.25, -0.2) is 4.79 Å². The minimum Gasteiger partial charge on any atom is -0.462 e. The number of hydrogen-bond acceptors (Lipinski definition) is 6. The topological polar surface area (TPSA) is 90.3 Å². The number of anilines is 1. The van der Waals surface area contributed by atoms with Gasteiger partial charge in [0.2, 0.25) is 5.91 Å². The number of esters is 1. The van der Waals surface area contributed by atoms with E-state index in [2.05, 4.69) is 26.3 Å². The van der Waals surface area contributed by atoms with Crippen LogP contribution in [-0.2, 0) is 16.1 Å². The predicted molar refractivity (Wildman–Crippen MR) is 103 cm³/mol. The molecule has 2 aromatic heterocycles. The minimum absolute atomic E-state index is 0.157. The van der Waals surface area contributed by atoms with Crippen molar-refractivity contribution in [2.75, 3.05) is 11.9 Å². The lowest BCUT2D eigenvalue weighted by atomic mass is 10.1. The molecule has 0 aromatic carbocycles. The highest BCUT2D eigenvalue weighted by Crippen LogP contribution is 2.34. The van der Waals surface area contributed by atoms with Crippen molar-refractivity contribution < 1.29 is 19.1 Å². The number of ketones is 1. The van der Waals surface area contributed by atoms with Crippen LogP contribution in [0.3, 0.4) is 0 Å². The van der Waals surface area contributed by atoms with E-state index in [1.165, 1.54) is 6.92 Å². The summed E-state index contributed by atoms with van der Waals surface area (Å²) in [5, 5.41) is 7.26. The van der Waals surface area contributed by atoms with Gasteiger partial charge in [0, 0.05) is 12.1 Å². The second kappa shape index (κ2) is 8.59. The van der Waals surface area contributed by atoms with E-state index in [1.54, 1.807) is 24.7 Å². The maximum atomic E-state index is 12.3. The minimum atomic E-state index is -0.545. The number of carbonyl (C=O) groups excluding carboxylic acids is 3. The van der Waals surface area contributed by atoms with E-state index in [0.29, 0.717) is 22.0 Å². The summed E-state index contributed by atoms with van der Waals surface area (Å²) in [6.45, 7) is 7.33. The van der Waals surface area contributed by atoms with Crippen LogP contribution in [0.1, 0.15) is 51.6 Å². The van der Waals surface area contributed by atoms with E-state index in [0.717, 1.165) is 21.5 Å². The first kappa shape index (κ1) is 20.3. The van der Waals surface area contributed by atoms with Gasteiger partial charge in [-0.05, 0) is 49.2 Å². The molecular formula is C17H20BrN3O4S. The fourth-order valence-electron chi connectivity index (χ4n) is 2.43. The molecular weight excluding hydrogens is 422 g/mol. The number of carbonyl (C=O) groups is 3. The van der Waals surface area contributed by atoms with Crippen molar-refractivity contribution in [3.05, 3.63) is 32.4 Å². The Kier molecular flexibility index (Phi) is 6.71. The van der Waals surface area contributed by atoms with Crippen LogP contribution in [0.4, 0.5) is 5.00 Å². The molecule has 0 atom stereocenters. The third kappa shape index (κ3) is 4.39. The van der Waals surface area contributed by atoms with Gasteiger partial charge >= 0.3 is 5.97 Å². The maximum Gasteiger partial charge on any atom is 0.341 e. The van der Waals surface area contributed by atoms with Crippen LogP contribution < -0.4 is 5.32 Å². The van der Waals surface area contributed by atoms with Gasteiger partial charge < -0.3 is 10.1 Å². The standard InChI is InChI=1S/C17H20BrN3O4S/c1-5-25-17(24)14-9(2)15(11(4)22)26-16(14)20-13(23)6-7-21-10(3)12(18)8-19-21/h8H,5-7H2,1-4H3,(H,20,23). The average molecular weight is 442 g/mol. The summed E-state index contributed by atoms with van der Waals surface area (Å²) in [6.07, 6.45) is 1.86. The fraction of sp³-hybridized carbons (Fsp3) is 0.412. The molecule has 140 valence electrons. The van der Waals surface area contributed by atoms with E-state index in [1.807, 2.05) is 6.92 Å². The first-order valence-corrected chi connectivity index (χ1v) is 9.66. The van der Waals surface area contributed by atoms with Gasteiger partial charge in [0.15, 0.2) is 5.78 Å². The summed E-state index contributed by atoms with van der Waals surface area (Å²) in [4.78, 5) is 36.8. The molecule has 1 N–H and O–H groups in total. The smallest absolute Gasteiger partial charge is 0.341 e. The van der Waals surface area contributed by atoms with Gasteiger partial charge in [-0.1, -0.05) is 0 Å². The molecule has 0 aliphatic rings. The lowest BCUT2D eigenvalue weighted by molar-refractivity contribution is -0.116. The Morgan fingerprint density at radius 1 is 1.35 bits per heavy atom. The van der Waals surface area contributed by atoms with Crippen molar-refractivity contribution in [2.24, 2.45) is 0 Å². The van der Waals surface area contributed by atoms with Gasteiger partial charge in [-0.3, -0.25) is 14.3 Å². The lowest BCUT2D eigenvalue weighted by Crippen LogP contribution is -2.17. The number of halogens is 1. The molecule has 0 radical (unpaired) electrons. The zero-order valence-corrected chi connectivity index (χ0v) is 17.4. The van der Waals surface area contributed by atoms with E-state index in [9.17, 15) is 14.4 Å². The van der Waals surface area contributed by atoms with E-state index in [-0.39, 0.29) is 30.3 Å². The van der Waals surface area contributed by atoms with Crippen molar-refractivity contribution in [3.8, 4) is 0 Å². The van der Waals surface area contributed by atoms with Crippen molar-refractivity contribution in [1.29, 1.82) is 0 Å². The monoisotopic (exact) mass is 441 g/mol. The number of amides is 1. The Morgan fingerprint density at radius 2 is 2.04 bits per heavy atom. The van der Waals surface area contributed by atoms with Crippen LogP contribution in [0, 0.1) is 13.8 Å². The Morgan fingerprint density at radius 3 is 2.58 bits per heavy atom. The summed E-state index contributed by atoms with van der Waals surface area (Å²) >= 11 is 4.47. The van der Waals surface area contributed by atoms with E-state index in [4.69, 9.17) is 4.74 Å². The van der Waals surface area contributed by atoms with Crippen LogP contribution in [0.2, 0.25) is 0 Å². The molecule has 1 amide bonds. The van der Waals surface area contributed by atoms with Gasteiger partial charge in [-0.15, -0.1) is 11.3 Å². The highest BCUT2D eigenvalue weighted by atomic mass is 79.9. The SMILES string of the molecule is CCOC(=O)c1c(NC(=O)CCn2ncc(Br)c2C)sc(C(C)=O)c1C. The molecule has 0 spiro atoms. The molecule has 0 bridgehead atoms. The summed E-state index contributed by atoms with van der Waals surface area (Å²) in [6, 6.07) is 0. The number of Topliss-reactive ketones (excluding diaryl/α,β-unsaturated/α-hetero) is 1. The number of nitrogens with one attached hydrogen (secondary N) is 1. The molecule has 2 heterocycles. The first-order chi connectivity index (χ1) is 12.3. The van der Waals surface area contributed by atoms with Gasteiger partial charge in [0.05, 0.1) is 34.3 Å². The summed E-state index contributed by atoms with van der Waals surface area (Å²) in [7, 11) is 0. The van der Waals surface area contributed by atoms with Crippen LogP contribution in [0.15, 0.2) is 10.7 Å². The second-order valence-corrected chi connectivity index (χ2v) is 7.51. The molecule has 26 heavy (non-hydrogen) atoms. The van der Waals surface area contributed by atoms with Crippen molar-refractivity contribution >= 4 is 49.9 Å². The Hall–Kier alpha value is -2.00. The van der Waals surface area contributed by atoms with Gasteiger partial charge in [0.1, 0.15) is 5.00 Å². The Labute approximate surface area is 163 Å². The number of hydrogen-bond donors (Lipinski definition) is 1. The molecule has 0 fully saturated rings. The molecule has 0 saturated heterocycles. The molecule has 0 saturated carbocycles. The number of aryl methyl sites for hydroxylation is 1. The van der Waals surface area contributed by atoms with Gasteiger partial charge in [-0.2, -0.15) is 5.10 Å². The third-order valence-electron chi connectivity index (χ3n) is 3.79. The largest absolute Gasteiger partial charge is 0.462 e. The van der Waals surface area contributed by atoms with E-state index >= 15 is 0 Å². The van der Waals surface area contributed by atoms with Crippen LogP contribution in [0.5, 0.6) is 0 Å². The number of ether oxygens (including phenoxy) is 1. The number of aromatic nitrogens is 2. The lowest BCUT2D eigenvalue weighted by Gasteiger charge is -2.08. The molecule has 0 aliphatic carbocycles. The molecule has 9 heteroatoms. The van der Waals surface area contributed by atoms with Crippen molar-refractivity contribution in [2.45, 2.75) is 40.7 Å². The highest BCUT2D eigenvalue weighted by molar-refractivity contribution is 9.10. The first-order valence-electron chi connectivity index (χ1n) is 8.05. The van der Waals surface area contributed by atoms with E-state index < -0.39 is 5.97 Å².